The van der Waals surface area contributed by atoms with Gasteiger partial charge in [0.05, 0.1) is 11.9 Å². The topological polar surface area (TPSA) is 68.1 Å². The van der Waals surface area contributed by atoms with E-state index in [0.29, 0.717) is 16.5 Å². The highest BCUT2D eigenvalue weighted by molar-refractivity contribution is 9.10. The Labute approximate surface area is 169 Å². The largest absolute Gasteiger partial charge is 0.334 e. The first kappa shape index (κ1) is 19.9. The molecule has 0 spiro atoms. The summed E-state index contributed by atoms with van der Waals surface area (Å²) < 4.78 is 15.9. The van der Waals surface area contributed by atoms with E-state index in [1.807, 2.05) is 0 Å². The van der Waals surface area contributed by atoms with E-state index in [1.165, 1.54) is 15.6 Å². The zero-order valence-electron chi connectivity index (χ0n) is 15.0. The summed E-state index contributed by atoms with van der Waals surface area (Å²) in [6.07, 6.45) is 1.62. The Balaban J connectivity index is 1.74. The van der Waals surface area contributed by atoms with E-state index in [-0.39, 0.29) is 43.3 Å². The van der Waals surface area contributed by atoms with Gasteiger partial charge in [0.15, 0.2) is 0 Å². The first-order valence-corrected chi connectivity index (χ1v) is 9.44. The molecule has 3 aromatic rings. The number of fused-ring (bicyclic) bond motifs is 1. The SMILES string of the molecule is C=CCN(Cc1cc(Br)ccc1F)C(=O)CCn1nnc2ccccc2c1=O. The fraction of sp³-hybridized carbons (Fsp3) is 0.200. The van der Waals surface area contributed by atoms with Gasteiger partial charge in [-0.2, -0.15) is 0 Å². The first-order valence-electron chi connectivity index (χ1n) is 8.64. The molecule has 0 bridgehead atoms. The Morgan fingerprint density at radius 3 is 2.86 bits per heavy atom. The van der Waals surface area contributed by atoms with E-state index in [0.717, 1.165) is 4.47 Å². The van der Waals surface area contributed by atoms with Crippen LogP contribution in [0, 0.1) is 5.82 Å². The molecule has 0 unspecified atom stereocenters. The number of hydrogen-bond donors (Lipinski definition) is 0. The third-order valence-electron chi connectivity index (χ3n) is 4.24. The standard InChI is InChI=1S/C20H18BrFN4O2/c1-2-10-25(13-14-12-15(21)7-8-17(14)22)19(27)9-11-26-20(28)16-5-3-4-6-18(16)23-24-26/h2-8,12H,1,9-11,13H2. The van der Waals surface area contributed by atoms with Gasteiger partial charge in [-0.3, -0.25) is 9.59 Å². The van der Waals surface area contributed by atoms with Gasteiger partial charge in [-0.05, 0) is 30.3 Å². The van der Waals surface area contributed by atoms with Crippen molar-refractivity contribution in [3.05, 3.63) is 81.3 Å². The van der Waals surface area contributed by atoms with Crippen molar-refractivity contribution in [1.82, 2.24) is 19.9 Å². The Bertz CT molecular complexity index is 1080. The zero-order chi connectivity index (χ0) is 20.1. The molecule has 1 heterocycles. The van der Waals surface area contributed by atoms with Crippen molar-refractivity contribution in [3.8, 4) is 0 Å². The van der Waals surface area contributed by atoms with Gasteiger partial charge in [0.25, 0.3) is 5.56 Å². The third kappa shape index (κ3) is 4.51. The number of benzene rings is 2. The molecule has 8 heteroatoms. The minimum atomic E-state index is -0.387. The molecular weight excluding hydrogens is 427 g/mol. The van der Waals surface area contributed by atoms with E-state index in [9.17, 15) is 14.0 Å². The van der Waals surface area contributed by atoms with Crippen LogP contribution in [-0.2, 0) is 17.9 Å². The van der Waals surface area contributed by atoms with Crippen LogP contribution in [0.3, 0.4) is 0 Å². The average molecular weight is 445 g/mol. The lowest BCUT2D eigenvalue weighted by Gasteiger charge is -2.22. The van der Waals surface area contributed by atoms with Gasteiger partial charge in [0.2, 0.25) is 5.91 Å². The number of carbonyl (C=O) groups is 1. The van der Waals surface area contributed by atoms with Crippen LogP contribution in [0.4, 0.5) is 4.39 Å². The number of hydrogen-bond acceptors (Lipinski definition) is 4. The molecular formula is C20H18BrFN4O2. The van der Waals surface area contributed by atoms with Crippen LogP contribution in [0.5, 0.6) is 0 Å². The summed E-state index contributed by atoms with van der Waals surface area (Å²) in [4.78, 5) is 26.6. The summed E-state index contributed by atoms with van der Waals surface area (Å²) in [5.41, 5.74) is 0.604. The van der Waals surface area contributed by atoms with E-state index < -0.39 is 0 Å². The Morgan fingerprint density at radius 2 is 2.07 bits per heavy atom. The molecule has 28 heavy (non-hydrogen) atoms. The highest BCUT2D eigenvalue weighted by Gasteiger charge is 2.16. The molecule has 0 atom stereocenters. The predicted octanol–water partition coefficient (Wildman–Crippen LogP) is 3.30. The molecule has 0 aliphatic rings. The van der Waals surface area contributed by atoms with Crippen molar-refractivity contribution in [1.29, 1.82) is 0 Å². The molecule has 0 aliphatic heterocycles. The lowest BCUT2D eigenvalue weighted by Crippen LogP contribution is -2.33. The maximum absolute atomic E-state index is 14.0. The number of carbonyl (C=O) groups excluding carboxylic acids is 1. The van der Waals surface area contributed by atoms with E-state index in [1.54, 1.807) is 42.5 Å². The van der Waals surface area contributed by atoms with Gasteiger partial charge in [-0.15, -0.1) is 11.7 Å². The highest BCUT2D eigenvalue weighted by atomic mass is 79.9. The lowest BCUT2D eigenvalue weighted by molar-refractivity contribution is -0.131. The minimum Gasteiger partial charge on any atom is -0.334 e. The summed E-state index contributed by atoms with van der Waals surface area (Å²) in [6.45, 7) is 4.12. The second kappa shape index (κ2) is 8.88. The fourth-order valence-corrected chi connectivity index (χ4v) is 3.22. The lowest BCUT2D eigenvalue weighted by atomic mass is 10.2. The van der Waals surface area contributed by atoms with Crippen LogP contribution in [0.1, 0.15) is 12.0 Å². The fourth-order valence-electron chi connectivity index (χ4n) is 2.81. The van der Waals surface area contributed by atoms with Crippen molar-refractivity contribution < 1.29 is 9.18 Å². The molecule has 0 fully saturated rings. The summed E-state index contributed by atoms with van der Waals surface area (Å²) in [5, 5.41) is 8.35. The summed E-state index contributed by atoms with van der Waals surface area (Å²) in [5.74, 6) is -0.622. The molecule has 144 valence electrons. The van der Waals surface area contributed by atoms with Crippen molar-refractivity contribution in [2.75, 3.05) is 6.54 Å². The monoisotopic (exact) mass is 444 g/mol. The summed E-state index contributed by atoms with van der Waals surface area (Å²) in [6, 6.07) is 11.5. The molecule has 0 N–H and O–H groups in total. The van der Waals surface area contributed by atoms with Crippen LogP contribution < -0.4 is 5.56 Å². The molecule has 0 aliphatic carbocycles. The molecule has 0 radical (unpaired) electrons. The Kier molecular flexibility index (Phi) is 6.30. The minimum absolute atomic E-state index is 0.0381. The molecule has 6 nitrogen and oxygen atoms in total. The molecule has 0 saturated carbocycles. The molecule has 3 rings (SSSR count). The number of halogens is 2. The maximum atomic E-state index is 14.0. The third-order valence-corrected chi connectivity index (χ3v) is 4.73. The normalized spacial score (nSPS) is 10.8. The van der Waals surface area contributed by atoms with Crippen molar-refractivity contribution >= 4 is 32.7 Å². The van der Waals surface area contributed by atoms with Gasteiger partial charge in [-0.25, -0.2) is 9.07 Å². The second-order valence-corrected chi connectivity index (χ2v) is 7.10. The van der Waals surface area contributed by atoms with Crippen LogP contribution in [0.2, 0.25) is 0 Å². The smallest absolute Gasteiger partial charge is 0.277 e. The van der Waals surface area contributed by atoms with E-state index in [2.05, 4.69) is 32.8 Å². The second-order valence-electron chi connectivity index (χ2n) is 6.18. The number of amides is 1. The van der Waals surface area contributed by atoms with Gasteiger partial charge in [0, 0.05) is 29.5 Å². The molecule has 1 aromatic heterocycles. The van der Waals surface area contributed by atoms with Crippen LogP contribution in [0.15, 0.2) is 64.4 Å². The number of nitrogens with zero attached hydrogens (tertiary/aromatic N) is 4. The summed E-state index contributed by atoms with van der Waals surface area (Å²) in [7, 11) is 0. The van der Waals surface area contributed by atoms with Crippen LogP contribution >= 0.6 is 15.9 Å². The van der Waals surface area contributed by atoms with Gasteiger partial charge >= 0.3 is 0 Å². The zero-order valence-corrected chi connectivity index (χ0v) is 16.6. The van der Waals surface area contributed by atoms with Crippen molar-refractivity contribution in [2.24, 2.45) is 0 Å². The highest BCUT2D eigenvalue weighted by Crippen LogP contribution is 2.18. The van der Waals surface area contributed by atoms with Crippen molar-refractivity contribution in [2.45, 2.75) is 19.5 Å². The van der Waals surface area contributed by atoms with Crippen molar-refractivity contribution in [3.63, 3.8) is 0 Å². The van der Waals surface area contributed by atoms with Gasteiger partial charge in [0.1, 0.15) is 11.3 Å². The average Bonchev–Trinajstić information content (AvgIpc) is 2.70. The van der Waals surface area contributed by atoms with Gasteiger partial charge in [-0.1, -0.05) is 39.4 Å². The van der Waals surface area contributed by atoms with Crippen LogP contribution in [0.25, 0.3) is 10.9 Å². The van der Waals surface area contributed by atoms with Gasteiger partial charge < -0.3 is 4.90 Å². The number of aryl methyl sites for hydroxylation is 1. The molecule has 0 saturated heterocycles. The molecule has 1 amide bonds. The molecule has 2 aromatic carbocycles. The number of aromatic nitrogens is 3. The van der Waals surface area contributed by atoms with E-state index >= 15 is 0 Å². The van der Waals surface area contributed by atoms with E-state index in [4.69, 9.17) is 0 Å². The van der Waals surface area contributed by atoms with Crippen LogP contribution in [-0.4, -0.2) is 32.3 Å². The maximum Gasteiger partial charge on any atom is 0.277 e. The number of rotatable bonds is 7. The predicted molar refractivity (Wildman–Crippen MR) is 108 cm³/mol. The quantitative estimate of drug-likeness (QED) is 0.524. The first-order chi connectivity index (χ1) is 13.5. The Hall–Kier alpha value is -2.87. The summed E-state index contributed by atoms with van der Waals surface area (Å²) >= 11 is 3.31. The Morgan fingerprint density at radius 1 is 1.29 bits per heavy atom.